The topological polar surface area (TPSA) is 30.5 Å². The van der Waals surface area contributed by atoms with Crippen LogP contribution in [-0.2, 0) is 0 Å². The Morgan fingerprint density at radius 1 is 1.47 bits per heavy atom. The van der Waals surface area contributed by atoms with Crippen LogP contribution in [0.2, 0.25) is 0 Å². The van der Waals surface area contributed by atoms with Crippen LogP contribution in [0.1, 0.15) is 18.5 Å². The van der Waals surface area contributed by atoms with Gasteiger partial charge in [0, 0.05) is 11.1 Å². The van der Waals surface area contributed by atoms with Crippen LogP contribution < -0.4 is 14.8 Å². The monoisotopic (exact) mass is 255 g/mol. The second-order valence-corrected chi connectivity index (χ2v) is 4.26. The van der Waals surface area contributed by atoms with E-state index in [0.29, 0.717) is 16.5 Å². The molecule has 0 saturated heterocycles. The predicted octanol–water partition coefficient (Wildman–Crippen LogP) is 3.11. The zero-order valence-corrected chi connectivity index (χ0v) is 11.2. The Morgan fingerprint density at radius 3 is 2.71 bits per heavy atom. The standard InChI is InChI=1S/C13H18ClNO2/c1-9(14)8-17-12-6-5-11(10(2)15-3)7-13(12)16-4/h5-7,10,15H,1,8H2,2-4H3. The van der Waals surface area contributed by atoms with E-state index in [1.807, 2.05) is 25.2 Å². The molecule has 1 aromatic carbocycles. The number of rotatable bonds is 6. The fourth-order valence-corrected chi connectivity index (χ4v) is 1.45. The Kier molecular flexibility index (Phi) is 5.32. The second kappa shape index (κ2) is 6.52. The summed E-state index contributed by atoms with van der Waals surface area (Å²) in [6.07, 6.45) is 0. The first-order chi connectivity index (χ1) is 8.08. The highest BCUT2D eigenvalue weighted by Gasteiger charge is 2.09. The third-order valence-corrected chi connectivity index (χ3v) is 2.61. The van der Waals surface area contributed by atoms with Crippen molar-refractivity contribution in [2.45, 2.75) is 13.0 Å². The van der Waals surface area contributed by atoms with E-state index in [1.165, 1.54) is 0 Å². The molecule has 0 bridgehead atoms. The van der Waals surface area contributed by atoms with Gasteiger partial charge in [-0.1, -0.05) is 24.2 Å². The van der Waals surface area contributed by atoms with Crippen molar-refractivity contribution in [2.75, 3.05) is 20.8 Å². The summed E-state index contributed by atoms with van der Waals surface area (Å²) < 4.78 is 10.8. The molecule has 17 heavy (non-hydrogen) atoms. The van der Waals surface area contributed by atoms with E-state index in [9.17, 15) is 0 Å². The second-order valence-electron chi connectivity index (χ2n) is 3.73. The molecule has 0 radical (unpaired) electrons. The zero-order valence-electron chi connectivity index (χ0n) is 10.4. The molecule has 0 aliphatic carbocycles. The summed E-state index contributed by atoms with van der Waals surface area (Å²) in [5.41, 5.74) is 1.14. The molecule has 0 fully saturated rings. The van der Waals surface area contributed by atoms with Gasteiger partial charge in [0.05, 0.1) is 7.11 Å². The smallest absolute Gasteiger partial charge is 0.161 e. The molecule has 1 aromatic rings. The lowest BCUT2D eigenvalue weighted by atomic mass is 10.1. The number of nitrogens with one attached hydrogen (secondary N) is 1. The molecule has 94 valence electrons. The lowest BCUT2D eigenvalue weighted by Gasteiger charge is -2.15. The summed E-state index contributed by atoms with van der Waals surface area (Å²) in [4.78, 5) is 0. The van der Waals surface area contributed by atoms with Crippen LogP contribution in [0.25, 0.3) is 0 Å². The Balaban J connectivity index is 2.89. The molecule has 0 aromatic heterocycles. The van der Waals surface area contributed by atoms with Gasteiger partial charge in [0.2, 0.25) is 0 Å². The van der Waals surface area contributed by atoms with Gasteiger partial charge in [0.15, 0.2) is 11.5 Å². The maximum absolute atomic E-state index is 5.66. The summed E-state index contributed by atoms with van der Waals surface area (Å²) in [7, 11) is 3.53. The van der Waals surface area contributed by atoms with Gasteiger partial charge in [-0.2, -0.15) is 0 Å². The highest BCUT2D eigenvalue weighted by Crippen LogP contribution is 2.30. The highest BCUT2D eigenvalue weighted by atomic mass is 35.5. The van der Waals surface area contributed by atoms with Crippen molar-refractivity contribution in [2.24, 2.45) is 0 Å². The summed E-state index contributed by atoms with van der Waals surface area (Å²) in [5.74, 6) is 1.36. The summed E-state index contributed by atoms with van der Waals surface area (Å²) in [6, 6.07) is 6.09. The lowest BCUT2D eigenvalue weighted by molar-refractivity contribution is 0.323. The van der Waals surface area contributed by atoms with Crippen LogP contribution in [0.5, 0.6) is 11.5 Å². The first-order valence-corrected chi connectivity index (χ1v) is 5.77. The molecule has 1 atom stereocenters. The van der Waals surface area contributed by atoms with Gasteiger partial charge in [-0.3, -0.25) is 0 Å². The Labute approximate surface area is 107 Å². The molecule has 1 unspecified atom stereocenters. The number of hydrogen-bond donors (Lipinski definition) is 1. The van der Waals surface area contributed by atoms with Crippen LogP contribution in [0.4, 0.5) is 0 Å². The minimum absolute atomic E-state index is 0.265. The summed E-state index contributed by atoms with van der Waals surface area (Å²) in [5, 5.41) is 3.63. The van der Waals surface area contributed by atoms with E-state index in [4.69, 9.17) is 21.1 Å². The van der Waals surface area contributed by atoms with E-state index in [1.54, 1.807) is 7.11 Å². The Morgan fingerprint density at radius 2 is 2.18 bits per heavy atom. The molecule has 0 spiro atoms. The quantitative estimate of drug-likeness (QED) is 0.847. The van der Waals surface area contributed by atoms with Crippen molar-refractivity contribution in [1.29, 1.82) is 0 Å². The molecule has 0 aliphatic heterocycles. The van der Waals surface area contributed by atoms with E-state index in [2.05, 4.69) is 18.8 Å². The van der Waals surface area contributed by atoms with Crippen molar-refractivity contribution in [1.82, 2.24) is 5.32 Å². The molecular weight excluding hydrogens is 238 g/mol. The minimum atomic E-state index is 0.265. The van der Waals surface area contributed by atoms with Crippen molar-refractivity contribution >= 4 is 11.6 Å². The normalized spacial score (nSPS) is 12.0. The molecule has 1 N–H and O–H groups in total. The van der Waals surface area contributed by atoms with Gasteiger partial charge in [-0.05, 0) is 31.7 Å². The molecule has 3 nitrogen and oxygen atoms in total. The molecular formula is C13H18ClNO2. The van der Waals surface area contributed by atoms with Crippen molar-refractivity contribution < 1.29 is 9.47 Å². The SMILES string of the molecule is C=C(Cl)COc1ccc(C(C)NC)cc1OC. The Hall–Kier alpha value is -1.19. The number of ether oxygens (including phenoxy) is 2. The van der Waals surface area contributed by atoms with E-state index in [-0.39, 0.29) is 12.6 Å². The fraction of sp³-hybridized carbons (Fsp3) is 0.385. The predicted molar refractivity (Wildman–Crippen MR) is 71.0 cm³/mol. The van der Waals surface area contributed by atoms with Gasteiger partial charge in [0.1, 0.15) is 6.61 Å². The van der Waals surface area contributed by atoms with Crippen LogP contribution >= 0.6 is 11.6 Å². The molecule has 0 saturated carbocycles. The Bertz CT molecular complexity index is 393. The lowest BCUT2D eigenvalue weighted by Crippen LogP contribution is -2.12. The van der Waals surface area contributed by atoms with Gasteiger partial charge in [0.25, 0.3) is 0 Å². The van der Waals surface area contributed by atoms with E-state index < -0.39 is 0 Å². The van der Waals surface area contributed by atoms with Crippen LogP contribution in [0.15, 0.2) is 29.8 Å². The number of halogens is 1. The van der Waals surface area contributed by atoms with Crippen molar-refractivity contribution in [3.05, 3.63) is 35.4 Å². The van der Waals surface area contributed by atoms with Gasteiger partial charge < -0.3 is 14.8 Å². The average Bonchev–Trinajstić information content (AvgIpc) is 2.34. The van der Waals surface area contributed by atoms with Crippen LogP contribution in [-0.4, -0.2) is 20.8 Å². The molecule has 0 heterocycles. The maximum atomic E-state index is 5.66. The summed E-state index contributed by atoms with van der Waals surface area (Å²) >= 11 is 5.66. The third-order valence-electron chi connectivity index (χ3n) is 2.50. The molecule has 1 rings (SSSR count). The van der Waals surface area contributed by atoms with E-state index in [0.717, 1.165) is 5.56 Å². The van der Waals surface area contributed by atoms with E-state index >= 15 is 0 Å². The third kappa shape index (κ3) is 3.95. The fourth-order valence-electron chi connectivity index (χ4n) is 1.40. The maximum Gasteiger partial charge on any atom is 0.161 e. The van der Waals surface area contributed by atoms with Crippen molar-refractivity contribution in [3.63, 3.8) is 0 Å². The summed E-state index contributed by atoms with van der Waals surface area (Å²) in [6.45, 7) is 5.93. The first kappa shape index (κ1) is 13.9. The number of benzene rings is 1. The van der Waals surface area contributed by atoms with Gasteiger partial charge >= 0.3 is 0 Å². The van der Waals surface area contributed by atoms with Gasteiger partial charge in [-0.15, -0.1) is 0 Å². The molecule has 4 heteroatoms. The van der Waals surface area contributed by atoms with Crippen LogP contribution in [0, 0.1) is 0 Å². The molecule has 0 amide bonds. The molecule has 0 aliphatic rings. The average molecular weight is 256 g/mol. The number of hydrogen-bond acceptors (Lipinski definition) is 3. The minimum Gasteiger partial charge on any atom is -0.493 e. The highest BCUT2D eigenvalue weighted by molar-refractivity contribution is 6.29. The number of methoxy groups -OCH3 is 1. The van der Waals surface area contributed by atoms with Crippen molar-refractivity contribution in [3.8, 4) is 11.5 Å². The first-order valence-electron chi connectivity index (χ1n) is 5.39. The zero-order chi connectivity index (χ0) is 12.8. The van der Waals surface area contributed by atoms with Gasteiger partial charge in [-0.25, -0.2) is 0 Å². The largest absolute Gasteiger partial charge is 0.493 e. The van der Waals surface area contributed by atoms with Crippen LogP contribution in [0.3, 0.4) is 0 Å².